The van der Waals surface area contributed by atoms with Gasteiger partial charge in [-0.1, -0.05) is 18.2 Å². The molecule has 1 aromatic carbocycles. The van der Waals surface area contributed by atoms with Gasteiger partial charge in [0.15, 0.2) is 0 Å². The number of carbonyl (C=O) groups is 2. The van der Waals surface area contributed by atoms with Crippen molar-refractivity contribution in [3.05, 3.63) is 35.2 Å². The van der Waals surface area contributed by atoms with Gasteiger partial charge in [-0.2, -0.15) is 0 Å². The monoisotopic (exact) mass is 291 g/mol. The largest absolute Gasteiger partial charge is 0.481 e. The molecule has 0 aliphatic rings. The zero-order chi connectivity index (χ0) is 14.8. The molecule has 1 heterocycles. The SMILES string of the molecule is CC(C)(CCNC(=O)c1csc2ccccc12)C(=O)O. The summed E-state index contributed by atoms with van der Waals surface area (Å²) < 4.78 is 1.07. The van der Waals surface area contributed by atoms with E-state index in [2.05, 4.69) is 5.32 Å². The molecule has 20 heavy (non-hydrogen) atoms. The Morgan fingerprint density at radius 1 is 1.30 bits per heavy atom. The van der Waals surface area contributed by atoms with Crippen molar-refractivity contribution in [2.45, 2.75) is 20.3 Å². The zero-order valence-electron chi connectivity index (χ0n) is 11.5. The molecule has 0 atom stereocenters. The third-order valence-electron chi connectivity index (χ3n) is 3.34. The van der Waals surface area contributed by atoms with E-state index >= 15 is 0 Å². The van der Waals surface area contributed by atoms with Crippen LogP contribution in [-0.4, -0.2) is 23.5 Å². The van der Waals surface area contributed by atoms with Crippen molar-refractivity contribution in [2.75, 3.05) is 6.54 Å². The first-order chi connectivity index (χ1) is 9.42. The topological polar surface area (TPSA) is 66.4 Å². The molecule has 2 rings (SSSR count). The average molecular weight is 291 g/mol. The van der Waals surface area contributed by atoms with Gasteiger partial charge < -0.3 is 10.4 Å². The minimum atomic E-state index is -0.854. The second kappa shape index (κ2) is 5.63. The van der Waals surface area contributed by atoms with Gasteiger partial charge in [0.05, 0.1) is 11.0 Å². The lowest BCUT2D eigenvalue weighted by Crippen LogP contribution is -2.31. The summed E-state index contributed by atoms with van der Waals surface area (Å²) in [6, 6.07) is 7.74. The highest BCUT2D eigenvalue weighted by atomic mass is 32.1. The fourth-order valence-electron chi connectivity index (χ4n) is 1.84. The van der Waals surface area contributed by atoms with E-state index in [4.69, 9.17) is 5.11 Å². The Bertz CT molecular complexity index is 645. The average Bonchev–Trinajstić information content (AvgIpc) is 2.82. The molecule has 5 heteroatoms. The molecule has 1 aromatic heterocycles. The molecule has 0 aliphatic carbocycles. The van der Waals surface area contributed by atoms with Crippen LogP contribution >= 0.6 is 11.3 Å². The molecule has 1 amide bonds. The van der Waals surface area contributed by atoms with Gasteiger partial charge in [-0.25, -0.2) is 0 Å². The lowest BCUT2D eigenvalue weighted by molar-refractivity contribution is -0.147. The second-order valence-corrected chi connectivity index (χ2v) is 6.25. The number of hydrogen-bond acceptors (Lipinski definition) is 3. The number of rotatable bonds is 5. The first kappa shape index (κ1) is 14.5. The number of carbonyl (C=O) groups excluding carboxylic acids is 1. The first-order valence-corrected chi connectivity index (χ1v) is 7.27. The molecule has 0 fully saturated rings. The Hall–Kier alpha value is -1.88. The number of carboxylic acids is 1. The molecular formula is C15H17NO3S. The van der Waals surface area contributed by atoms with Gasteiger partial charge in [-0.15, -0.1) is 11.3 Å². The lowest BCUT2D eigenvalue weighted by Gasteiger charge is -2.18. The molecule has 0 unspecified atom stereocenters. The van der Waals surface area contributed by atoms with Gasteiger partial charge in [0.1, 0.15) is 0 Å². The third-order valence-corrected chi connectivity index (χ3v) is 4.30. The quantitative estimate of drug-likeness (QED) is 0.889. The molecule has 0 saturated heterocycles. The number of hydrogen-bond donors (Lipinski definition) is 2. The highest BCUT2D eigenvalue weighted by molar-refractivity contribution is 7.17. The summed E-state index contributed by atoms with van der Waals surface area (Å²) in [6.45, 7) is 3.66. The molecule has 106 valence electrons. The van der Waals surface area contributed by atoms with Crippen LogP contribution in [0.25, 0.3) is 10.1 Å². The predicted octanol–water partition coefficient (Wildman–Crippen LogP) is 3.13. The molecule has 2 aromatic rings. The van der Waals surface area contributed by atoms with Crippen molar-refractivity contribution >= 4 is 33.3 Å². The summed E-state index contributed by atoms with van der Waals surface area (Å²) in [4.78, 5) is 23.1. The van der Waals surface area contributed by atoms with Crippen molar-refractivity contribution in [1.82, 2.24) is 5.32 Å². The highest BCUT2D eigenvalue weighted by Crippen LogP contribution is 2.25. The van der Waals surface area contributed by atoms with E-state index in [0.717, 1.165) is 10.1 Å². The summed E-state index contributed by atoms with van der Waals surface area (Å²) in [5, 5.41) is 14.6. The Balaban J connectivity index is 2.01. The van der Waals surface area contributed by atoms with Crippen LogP contribution in [0.15, 0.2) is 29.6 Å². The van der Waals surface area contributed by atoms with Crippen molar-refractivity contribution in [3.8, 4) is 0 Å². The lowest BCUT2D eigenvalue weighted by atomic mass is 9.90. The van der Waals surface area contributed by atoms with Crippen LogP contribution < -0.4 is 5.32 Å². The second-order valence-electron chi connectivity index (χ2n) is 5.34. The third kappa shape index (κ3) is 2.99. The van der Waals surface area contributed by atoms with Gasteiger partial charge >= 0.3 is 5.97 Å². The molecular weight excluding hydrogens is 274 g/mol. The first-order valence-electron chi connectivity index (χ1n) is 6.39. The van der Waals surface area contributed by atoms with Crippen molar-refractivity contribution < 1.29 is 14.7 Å². The van der Waals surface area contributed by atoms with Gasteiger partial charge in [0.25, 0.3) is 5.91 Å². The number of nitrogens with one attached hydrogen (secondary N) is 1. The summed E-state index contributed by atoms with van der Waals surface area (Å²) in [7, 11) is 0. The van der Waals surface area contributed by atoms with Crippen molar-refractivity contribution in [1.29, 1.82) is 0 Å². The van der Waals surface area contributed by atoms with Crippen LogP contribution in [0.2, 0.25) is 0 Å². The number of benzene rings is 1. The maximum atomic E-state index is 12.1. The molecule has 4 nitrogen and oxygen atoms in total. The number of fused-ring (bicyclic) bond motifs is 1. The summed E-state index contributed by atoms with van der Waals surface area (Å²) in [5.41, 5.74) is -0.178. The van der Waals surface area contributed by atoms with Gasteiger partial charge in [0.2, 0.25) is 0 Å². The van der Waals surface area contributed by atoms with Gasteiger partial charge in [0, 0.05) is 22.0 Å². The smallest absolute Gasteiger partial charge is 0.309 e. The Morgan fingerprint density at radius 2 is 2.00 bits per heavy atom. The summed E-state index contributed by atoms with van der Waals surface area (Å²) >= 11 is 1.53. The van der Waals surface area contributed by atoms with Crippen LogP contribution in [0, 0.1) is 5.41 Å². The standard InChI is InChI=1S/C15H17NO3S/c1-15(2,14(18)19)7-8-16-13(17)11-9-20-12-6-4-3-5-10(11)12/h3-6,9H,7-8H2,1-2H3,(H,16,17)(H,18,19). The fraction of sp³-hybridized carbons (Fsp3) is 0.333. The normalized spacial score (nSPS) is 11.5. The van der Waals surface area contributed by atoms with Gasteiger partial charge in [-0.05, 0) is 26.3 Å². The Kier molecular flexibility index (Phi) is 4.09. The Morgan fingerprint density at radius 3 is 2.70 bits per heavy atom. The van der Waals surface area contributed by atoms with Crippen LogP contribution in [-0.2, 0) is 4.79 Å². The fourth-order valence-corrected chi connectivity index (χ4v) is 2.79. The highest BCUT2D eigenvalue weighted by Gasteiger charge is 2.26. The van der Waals surface area contributed by atoms with E-state index < -0.39 is 11.4 Å². The van der Waals surface area contributed by atoms with Crippen molar-refractivity contribution in [3.63, 3.8) is 0 Å². The summed E-state index contributed by atoms with van der Waals surface area (Å²) in [5.74, 6) is -1.00. The van der Waals surface area contributed by atoms with E-state index in [-0.39, 0.29) is 5.91 Å². The van der Waals surface area contributed by atoms with E-state index in [9.17, 15) is 9.59 Å². The molecule has 0 bridgehead atoms. The maximum Gasteiger partial charge on any atom is 0.309 e. The van der Waals surface area contributed by atoms with E-state index in [0.29, 0.717) is 18.5 Å². The Labute approximate surface area is 121 Å². The summed E-state index contributed by atoms with van der Waals surface area (Å²) in [6.07, 6.45) is 0.399. The molecule has 0 spiro atoms. The minimum absolute atomic E-state index is 0.149. The minimum Gasteiger partial charge on any atom is -0.481 e. The molecule has 0 radical (unpaired) electrons. The maximum absolute atomic E-state index is 12.1. The van der Waals surface area contributed by atoms with Crippen LogP contribution in [0.3, 0.4) is 0 Å². The van der Waals surface area contributed by atoms with Crippen LogP contribution in [0.1, 0.15) is 30.6 Å². The van der Waals surface area contributed by atoms with Crippen LogP contribution in [0.5, 0.6) is 0 Å². The van der Waals surface area contributed by atoms with Gasteiger partial charge in [-0.3, -0.25) is 9.59 Å². The van der Waals surface area contributed by atoms with E-state index in [1.54, 1.807) is 13.8 Å². The van der Waals surface area contributed by atoms with E-state index in [1.165, 1.54) is 11.3 Å². The molecule has 2 N–H and O–H groups in total. The van der Waals surface area contributed by atoms with E-state index in [1.807, 2.05) is 29.6 Å². The number of carboxylic acid groups (broad SMARTS) is 1. The molecule has 0 aliphatic heterocycles. The predicted molar refractivity (Wildman–Crippen MR) is 80.2 cm³/mol. The van der Waals surface area contributed by atoms with Crippen molar-refractivity contribution in [2.24, 2.45) is 5.41 Å². The molecule has 0 saturated carbocycles. The number of thiophene rings is 1. The number of aliphatic carboxylic acids is 1. The van der Waals surface area contributed by atoms with Crippen LogP contribution in [0.4, 0.5) is 0 Å². The zero-order valence-corrected chi connectivity index (χ0v) is 12.3. The number of amides is 1.